The van der Waals surface area contributed by atoms with Crippen molar-refractivity contribution in [2.45, 2.75) is 33.4 Å². The Labute approximate surface area is 71.6 Å². The molecule has 1 rings (SSSR count). The summed E-state index contributed by atoms with van der Waals surface area (Å²) in [4.78, 5) is 0. The van der Waals surface area contributed by atoms with Crippen molar-refractivity contribution in [1.82, 2.24) is 0 Å². The van der Waals surface area contributed by atoms with Gasteiger partial charge in [0.15, 0.2) is 0 Å². The maximum absolute atomic E-state index is 2.41. The van der Waals surface area contributed by atoms with Crippen LogP contribution >= 0.6 is 0 Å². The summed E-state index contributed by atoms with van der Waals surface area (Å²) < 4.78 is 0. The molecule has 0 heterocycles. The Morgan fingerprint density at radius 1 is 1.27 bits per heavy atom. The zero-order valence-electron chi connectivity index (χ0n) is 7.94. The van der Waals surface area contributed by atoms with Gasteiger partial charge in [0.05, 0.1) is 8.80 Å². The van der Waals surface area contributed by atoms with Gasteiger partial charge in [0.25, 0.3) is 0 Å². The van der Waals surface area contributed by atoms with Crippen molar-refractivity contribution in [3.8, 4) is 0 Å². The van der Waals surface area contributed by atoms with Crippen LogP contribution in [0.3, 0.4) is 0 Å². The van der Waals surface area contributed by atoms with Crippen LogP contribution in [0.2, 0.25) is 13.1 Å². The normalized spacial score (nSPS) is 17.6. The molecule has 0 spiro atoms. The molecule has 1 radical (unpaired) electrons. The van der Waals surface area contributed by atoms with E-state index in [0.29, 0.717) is 0 Å². The van der Waals surface area contributed by atoms with Crippen molar-refractivity contribution in [2.24, 2.45) is 5.92 Å². The lowest BCUT2D eigenvalue weighted by Gasteiger charge is -2.13. The molecule has 1 heteroatoms. The van der Waals surface area contributed by atoms with Gasteiger partial charge in [-0.25, -0.2) is 0 Å². The molecular formula is C10H17Si. The van der Waals surface area contributed by atoms with E-state index in [9.17, 15) is 0 Å². The molecule has 0 atom stereocenters. The van der Waals surface area contributed by atoms with Crippen LogP contribution < -0.4 is 0 Å². The minimum atomic E-state index is -0.212. The van der Waals surface area contributed by atoms with Crippen LogP contribution in [-0.2, 0) is 0 Å². The van der Waals surface area contributed by atoms with Gasteiger partial charge in [0, 0.05) is 0 Å². The zero-order valence-corrected chi connectivity index (χ0v) is 8.94. The van der Waals surface area contributed by atoms with Crippen molar-refractivity contribution < 1.29 is 0 Å². The lowest BCUT2D eigenvalue weighted by atomic mass is 10.1. The summed E-state index contributed by atoms with van der Waals surface area (Å²) in [5, 5.41) is 1.67. The van der Waals surface area contributed by atoms with Gasteiger partial charge in [0.1, 0.15) is 0 Å². The maximum atomic E-state index is 2.41. The van der Waals surface area contributed by atoms with E-state index in [0.717, 1.165) is 5.92 Å². The van der Waals surface area contributed by atoms with E-state index in [1.807, 2.05) is 0 Å². The molecule has 11 heavy (non-hydrogen) atoms. The summed E-state index contributed by atoms with van der Waals surface area (Å²) in [6.45, 7) is 9.32. The fraction of sp³-hybridized carbons (Fsp3) is 0.600. The summed E-state index contributed by atoms with van der Waals surface area (Å²) in [5.74, 6) is 0.726. The third-order valence-corrected chi connectivity index (χ3v) is 3.70. The number of hydrogen-bond acceptors (Lipinski definition) is 0. The fourth-order valence-corrected chi connectivity index (χ4v) is 3.07. The summed E-state index contributed by atoms with van der Waals surface area (Å²) in [5.41, 5.74) is 1.61. The van der Waals surface area contributed by atoms with Crippen LogP contribution in [0, 0.1) is 5.92 Å². The molecule has 0 bridgehead atoms. The van der Waals surface area contributed by atoms with Crippen molar-refractivity contribution in [3.05, 3.63) is 22.9 Å². The molecule has 61 valence electrons. The highest BCUT2D eigenvalue weighted by atomic mass is 28.3. The Hall–Kier alpha value is -0.303. The average Bonchev–Trinajstić information content (AvgIpc) is 2.32. The Morgan fingerprint density at radius 3 is 2.27 bits per heavy atom. The van der Waals surface area contributed by atoms with E-state index in [1.54, 1.807) is 10.8 Å². The predicted molar refractivity (Wildman–Crippen MR) is 53.1 cm³/mol. The van der Waals surface area contributed by atoms with Gasteiger partial charge in [-0.15, -0.1) is 0 Å². The van der Waals surface area contributed by atoms with Crippen LogP contribution in [0.5, 0.6) is 0 Å². The second kappa shape index (κ2) is 3.40. The van der Waals surface area contributed by atoms with Crippen LogP contribution in [0.4, 0.5) is 0 Å². The van der Waals surface area contributed by atoms with Gasteiger partial charge < -0.3 is 0 Å². The number of hydrogen-bond donors (Lipinski definition) is 0. The van der Waals surface area contributed by atoms with E-state index in [2.05, 4.69) is 39.1 Å². The third kappa shape index (κ3) is 1.83. The number of rotatable bonds is 2. The van der Waals surface area contributed by atoms with Crippen molar-refractivity contribution >= 4 is 8.80 Å². The van der Waals surface area contributed by atoms with Crippen molar-refractivity contribution in [1.29, 1.82) is 0 Å². The smallest absolute Gasteiger partial charge is 0.0791 e. The molecule has 0 aromatic rings. The highest BCUT2D eigenvalue weighted by Gasteiger charge is 2.16. The van der Waals surface area contributed by atoms with Gasteiger partial charge in [-0.1, -0.05) is 49.9 Å². The molecule has 0 aromatic heterocycles. The first kappa shape index (κ1) is 8.79. The quantitative estimate of drug-likeness (QED) is 0.551. The molecule has 1 aliphatic rings. The van der Waals surface area contributed by atoms with Crippen molar-refractivity contribution in [3.63, 3.8) is 0 Å². The predicted octanol–water partition coefficient (Wildman–Crippen LogP) is 3.19. The first-order chi connectivity index (χ1) is 5.13. The minimum absolute atomic E-state index is 0.212. The molecule has 0 unspecified atom stereocenters. The van der Waals surface area contributed by atoms with E-state index in [4.69, 9.17) is 0 Å². The Morgan fingerprint density at radius 2 is 1.91 bits per heavy atom. The second-order valence-electron chi connectivity index (χ2n) is 3.67. The standard InChI is InChI=1S/C10H17Si/c1-8(2)9-6-5-7-10(9)11(3)4/h6-8H,5H2,1-4H3. The largest absolute Gasteiger partial charge is 0.0815 e. The molecule has 0 aromatic carbocycles. The second-order valence-corrected chi connectivity index (χ2v) is 6.21. The highest BCUT2D eigenvalue weighted by Crippen LogP contribution is 2.27. The van der Waals surface area contributed by atoms with Gasteiger partial charge in [-0.05, 0) is 12.3 Å². The summed E-state index contributed by atoms with van der Waals surface area (Å²) >= 11 is 0. The van der Waals surface area contributed by atoms with Gasteiger partial charge in [-0.3, -0.25) is 0 Å². The average molecular weight is 165 g/mol. The molecule has 0 saturated heterocycles. The molecule has 0 saturated carbocycles. The van der Waals surface area contributed by atoms with E-state index < -0.39 is 0 Å². The molecule has 0 aliphatic heterocycles. The van der Waals surface area contributed by atoms with Crippen LogP contribution in [0.1, 0.15) is 20.3 Å². The lowest BCUT2D eigenvalue weighted by molar-refractivity contribution is 0.788. The minimum Gasteiger partial charge on any atom is -0.0815 e. The Bertz CT molecular complexity index is 175. The SMILES string of the molecule is CC(C)C1=CCC=C1[Si](C)C. The van der Waals surface area contributed by atoms with E-state index >= 15 is 0 Å². The lowest BCUT2D eigenvalue weighted by Crippen LogP contribution is -2.09. The first-order valence-electron chi connectivity index (χ1n) is 4.34. The Balaban J connectivity index is 2.76. The number of allylic oxidation sites excluding steroid dienone is 4. The molecule has 0 fully saturated rings. The molecule has 0 amide bonds. The maximum Gasteiger partial charge on any atom is 0.0791 e. The molecule has 1 aliphatic carbocycles. The molecular weight excluding hydrogens is 148 g/mol. The Kier molecular flexibility index (Phi) is 2.71. The zero-order chi connectivity index (χ0) is 8.43. The first-order valence-corrected chi connectivity index (χ1v) is 6.84. The van der Waals surface area contributed by atoms with Gasteiger partial charge >= 0.3 is 0 Å². The summed E-state index contributed by atoms with van der Waals surface area (Å²) in [6, 6.07) is 0. The van der Waals surface area contributed by atoms with Crippen LogP contribution in [-0.4, -0.2) is 8.80 Å². The monoisotopic (exact) mass is 165 g/mol. The summed E-state index contributed by atoms with van der Waals surface area (Å²) in [6.07, 6.45) is 5.97. The highest BCUT2D eigenvalue weighted by molar-refractivity contribution is 6.65. The molecule has 0 N–H and O–H groups in total. The summed E-state index contributed by atoms with van der Waals surface area (Å²) in [7, 11) is -0.212. The van der Waals surface area contributed by atoms with E-state index in [-0.39, 0.29) is 8.80 Å². The van der Waals surface area contributed by atoms with Crippen LogP contribution in [0.25, 0.3) is 0 Å². The van der Waals surface area contributed by atoms with Crippen LogP contribution in [0.15, 0.2) is 22.9 Å². The fourth-order valence-electron chi connectivity index (χ4n) is 1.57. The molecule has 0 nitrogen and oxygen atoms in total. The van der Waals surface area contributed by atoms with Gasteiger partial charge in [-0.2, -0.15) is 0 Å². The van der Waals surface area contributed by atoms with Crippen molar-refractivity contribution in [2.75, 3.05) is 0 Å². The third-order valence-electron chi connectivity index (χ3n) is 2.13. The van der Waals surface area contributed by atoms with Gasteiger partial charge in [0.2, 0.25) is 0 Å². The topological polar surface area (TPSA) is 0 Å². The van der Waals surface area contributed by atoms with E-state index in [1.165, 1.54) is 6.42 Å².